The monoisotopic (exact) mass is 553 g/mol. The van der Waals surface area contributed by atoms with Crippen LogP contribution in [-0.4, -0.2) is 21.9 Å². The minimum atomic E-state index is -4.59. The number of anilines is 2. The first-order chi connectivity index (χ1) is 17.0. The molecule has 3 heterocycles. The van der Waals surface area contributed by atoms with Crippen molar-refractivity contribution in [3.8, 4) is 6.07 Å². The molecular formula is C24H20Cl2F3N5OS. The average Bonchev–Trinajstić information content (AvgIpc) is 3.39. The van der Waals surface area contributed by atoms with Crippen molar-refractivity contribution >= 4 is 51.3 Å². The quantitative estimate of drug-likeness (QED) is 0.360. The van der Waals surface area contributed by atoms with Crippen LogP contribution in [0.2, 0.25) is 10.0 Å². The van der Waals surface area contributed by atoms with Gasteiger partial charge in [-0.25, -0.2) is 4.68 Å². The van der Waals surface area contributed by atoms with Crippen LogP contribution in [0.5, 0.6) is 0 Å². The van der Waals surface area contributed by atoms with Crippen LogP contribution in [0.4, 0.5) is 24.0 Å². The van der Waals surface area contributed by atoms with Gasteiger partial charge in [-0.2, -0.15) is 23.5 Å². The molecule has 188 valence electrons. The summed E-state index contributed by atoms with van der Waals surface area (Å²) in [5.41, 5.74) is 1.73. The summed E-state index contributed by atoms with van der Waals surface area (Å²) in [7, 11) is 0. The van der Waals surface area contributed by atoms with E-state index >= 15 is 0 Å². The highest BCUT2D eigenvalue weighted by atomic mass is 35.5. The molecule has 0 unspecified atom stereocenters. The van der Waals surface area contributed by atoms with Gasteiger partial charge in [0.15, 0.2) is 11.7 Å². The predicted molar refractivity (Wildman–Crippen MR) is 133 cm³/mol. The third-order valence-corrected chi connectivity index (χ3v) is 8.53. The number of aromatic nitrogens is 2. The maximum atomic E-state index is 14.0. The molecule has 1 aliphatic heterocycles. The van der Waals surface area contributed by atoms with Crippen LogP contribution >= 0.6 is 34.5 Å². The predicted octanol–water partition coefficient (Wildman–Crippen LogP) is 7.16. The van der Waals surface area contributed by atoms with Gasteiger partial charge in [0.05, 0.1) is 21.7 Å². The number of alkyl halides is 3. The molecule has 1 amide bonds. The van der Waals surface area contributed by atoms with Gasteiger partial charge in [-0.3, -0.25) is 4.79 Å². The number of hydrogen-bond acceptors (Lipinski definition) is 5. The molecular weight excluding hydrogens is 534 g/mol. The van der Waals surface area contributed by atoms with Crippen LogP contribution in [0.3, 0.4) is 0 Å². The number of nitrogens with one attached hydrogen (secondary N) is 2. The van der Waals surface area contributed by atoms with E-state index in [9.17, 15) is 23.2 Å². The summed E-state index contributed by atoms with van der Waals surface area (Å²) in [5.74, 6) is -0.126. The number of fused-ring (bicyclic) bond motifs is 2. The molecule has 0 bridgehead atoms. The fourth-order valence-electron chi connectivity index (χ4n) is 4.76. The van der Waals surface area contributed by atoms with E-state index in [1.165, 1.54) is 29.5 Å². The molecule has 2 aliphatic rings. The Kier molecular flexibility index (Phi) is 6.43. The third-order valence-electron chi connectivity index (χ3n) is 6.62. The average molecular weight is 554 g/mol. The number of thiophene rings is 1. The molecule has 2 aromatic heterocycles. The second-order valence-electron chi connectivity index (χ2n) is 9.14. The van der Waals surface area contributed by atoms with E-state index < -0.39 is 24.2 Å². The maximum Gasteiger partial charge on any atom is 0.410 e. The molecule has 0 fully saturated rings. The first-order valence-electron chi connectivity index (χ1n) is 11.3. The largest absolute Gasteiger partial charge is 0.410 e. The second kappa shape index (κ2) is 9.29. The lowest BCUT2D eigenvalue weighted by Crippen LogP contribution is -2.35. The summed E-state index contributed by atoms with van der Waals surface area (Å²) in [6, 6.07) is 5.47. The summed E-state index contributed by atoms with van der Waals surface area (Å²) in [4.78, 5) is 14.1. The SMILES string of the molecule is C[C@@H]1CCc2c(sc(NC(=O)c3cc4n(n3)[C@H](C(F)(F)F)C[C@@H](c3ccc(Cl)c(Cl)c3)N4)c2C#N)C1. The number of amides is 1. The van der Waals surface area contributed by atoms with E-state index in [0.29, 0.717) is 27.1 Å². The van der Waals surface area contributed by atoms with Gasteiger partial charge in [0.25, 0.3) is 5.91 Å². The Bertz CT molecular complexity index is 1390. The van der Waals surface area contributed by atoms with Gasteiger partial charge in [0, 0.05) is 17.4 Å². The molecule has 2 N–H and O–H groups in total. The highest BCUT2D eigenvalue weighted by Gasteiger charge is 2.47. The summed E-state index contributed by atoms with van der Waals surface area (Å²) in [5, 5.41) is 20.4. The summed E-state index contributed by atoms with van der Waals surface area (Å²) in [6.45, 7) is 2.14. The topological polar surface area (TPSA) is 82.7 Å². The van der Waals surface area contributed by atoms with Crippen LogP contribution in [0.1, 0.15) is 63.9 Å². The van der Waals surface area contributed by atoms with Gasteiger partial charge >= 0.3 is 6.18 Å². The molecule has 1 aromatic carbocycles. The van der Waals surface area contributed by atoms with E-state index in [1.54, 1.807) is 6.07 Å². The smallest absolute Gasteiger partial charge is 0.363 e. The summed E-state index contributed by atoms with van der Waals surface area (Å²) < 4.78 is 42.8. The fraction of sp³-hybridized carbons (Fsp3) is 0.375. The lowest BCUT2D eigenvalue weighted by Gasteiger charge is -2.33. The van der Waals surface area contributed by atoms with E-state index in [2.05, 4.69) is 28.7 Å². The number of carbonyl (C=O) groups excluding carboxylic acids is 1. The standard InChI is InChI=1S/C24H20Cl2F3N5OS/c1-11-2-4-13-14(10-30)23(36-19(13)6-11)32-22(35)18-9-21-31-17(12-3-5-15(25)16(26)7-12)8-20(24(27,28)29)34(21)33-18/h3,5,7,9,11,17,20,31H,2,4,6,8H2,1H3,(H,32,35)/t11-,17+,20+/m1/s1. The number of rotatable bonds is 3. The van der Waals surface area contributed by atoms with Crippen molar-refractivity contribution in [3.05, 3.63) is 61.6 Å². The molecule has 6 nitrogen and oxygen atoms in total. The first-order valence-corrected chi connectivity index (χ1v) is 12.9. The van der Waals surface area contributed by atoms with E-state index in [-0.39, 0.29) is 23.0 Å². The van der Waals surface area contributed by atoms with Gasteiger partial charge in [-0.05, 0) is 48.4 Å². The molecule has 0 radical (unpaired) electrons. The lowest BCUT2D eigenvalue weighted by molar-refractivity contribution is -0.173. The molecule has 12 heteroatoms. The van der Waals surface area contributed by atoms with Gasteiger partial charge in [-0.15, -0.1) is 11.3 Å². The van der Waals surface area contributed by atoms with Gasteiger partial charge in [-0.1, -0.05) is 36.2 Å². The summed E-state index contributed by atoms with van der Waals surface area (Å²) >= 11 is 13.4. The van der Waals surface area contributed by atoms with Crippen LogP contribution in [-0.2, 0) is 12.8 Å². The number of carbonyl (C=O) groups is 1. The number of benzene rings is 1. The number of halogens is 5. The van der Waals surface area contributed by atoms with Crippen molar-refractivity contribution in [2.75, 3.05) is 10.6 Å². The van der Waals surface area contributed by atoms with E-state index in [4.69, 9.17) is 23.2 Å². The minimum absolute atomic E-state index is 0.0598. The highest BCUT2D eigenvalue weighted by molar-refractivity contribution is 7.16. The molecule has 5 rings (SSSR count). The summed E-state index contributed by atoms with van der Waals surface area (Å²) in [6.07, 6.45) is -2.38. The Morgan fingerprint density at radius 3 is 2.78 bits per heavy atom. The zero-order valence-electron chi connectivity index (χ0n) is 18.9. The maximum absolute atomic E-state index is 14.0. The van der Waals surface area contributed by atoms with Crippen LogP contribution in [0.25, 0.3) is 0 Å². The number of hydrogen-bond donors (Lipinski definition) is 2. The van der Waals surface area contributed by atoms with E-state index in [1.807, 2.05) is 0 Å². The Hall–Kier alpha value is -2.74. The molecule has 3 atom stereocenters. The van der Waals surface area contributed by atoms with Crippen LogP contribution < -0.4 is 10.6 Å². The number of nitriles is 1. The van der Waals surface area contributed by atoms with E-state index in [0.717, 1.165) is 34.4 Å². The molecule has 0 spiro atoms. The molecule has 0 saturated heterocycles. The third kappa shape index (κ3) is 4.56. The lowest BCUT2D eigenvalue weighted by atomic mass is 9.89. The fourth-order valence-corrected chi connectivity index (χ4v) is 6.42. The molecule has 0 saturated carbocycles. The van der Waals surface area contributed by atoms with Crippen LogP contribution in [0.15, 0.2) is 24.3 Å². The van der Waals surface area contributed by atoms with Gasteiger partial charge in [0.2, 0.25) is 0 Å². The zero-order chi connectivity index (χ0) is 25.8. The Morgan fingerprint density at radius 1 is 1.31 bits per heavy atom. The second-order valence-corrected chi connectivity index (χ2v) is 11.1. The van der Waals surface area contributed by atoms with Crippen molar-refractivity contribution in [1.82, 2.24) is 9.78 Å². The Labute approximate surface area is 219 Å². The number of nitrogens with zero attached hydrogens (tertiary/aromatic N) is 3. The zero-order valence-corrected chi connectivity index (χ0v) is 21.2. The molecule has 1 aliphatic carbocycles. The molecule has 36 heavy (non-hydrogen) atoms. The minimum Gasteiger partial charge on any atom is -0.363 e. The van der Waals surface area contributed by atoms with Crippen molar-refractivity contribution < 1.29 is 18.0 Å². The Balaban J connectivity index is 1.45. The first kappa shape index (κ1) is 24.9. The van der Waals surface area contributed by atoms with Crippen LogP contribution in [0, 0.1) is 17.2 Å². The van der Waals surface area contributed by atoms with Crippen molar-refractivity contribution in [2.24, 2.45) is 5.92 Å². The normalized spacial score (nSPS) is 21.2. The molecule has 3 aromatic rings. The van der Waals surface area contributed by atoms with Gasteiger partial charge in [0.1, 0.15) is 16.9 Å². The Morgan fingerprint density at radius 2 is 2.08 bits per heavy atom. The highest BCUT2D eigenvalue weighted by Crippen LogP contribution is 2.44. The van der Waals surface area contributed by atoms with Gasteiger partial charge < -0.3 is 10.6 Å². The van der Waals surface area contributed by atoms with Crippen molar-refractivity contribution in [3.63, 3.8) is 0 Å². The van der Waals surface area contributed by atoms with Crippen molar-refractivity contribution in [2.45, 2.75) is 50.9 Å². The van der Waals surface area contributed by atoms with Crippen molar-refractivity contribution in [1.29, 1.82) is 5.26 Å².